The fourth-order valence-electron chi connectivity index (χ4n) is 5.32. The van der Waals surface area contributed by atoms with Gasteiger partial charge >= 0.3 is 0 Å². The van der Waals surface area contributed by atoms with E-state index in [1.54, 1.807) is 0 Å². The first-order valence-corrected chi connectivity index (χ1v) is 16.7. The summed E-state index contributed by atoms with van der Waals surface area (Å²) in [4.78, 5) is 25.7. The summed E-state index contributed by atoms with van der Waals surface area (Å²) in [6, 6.07) is 15.5. The summed E-state index contributed by atoms with van der Waals surface area (Å²) in [6.45, 7) is 3.91. The summed E-state index contributed by atoms with van der Waals surface area (Å²) in [5.41, 5.74) is 1.06. The van der Waals surface area contributed by atoms with Crippen molar-refractivity contribution in [3.8, 4) is 0 Å². The number of aryl methyl sites for hydroxylation is 1. The number of nitrogens with zero attached hydrogens (tertiary/aromatic N) is 1. The van der Waals surface area contributed by atoms with Crippen molar-refractivity contribution >= 4 is 11.8 Å². The molecule has 1 atom stereocenters. The molecule has 0 aliphatic rings. The second kappa shape index (κ2) is 24.0. The van der Waals surface area contributed by atoms with E-state index < -0.39 is 6.04 Å². The first-order valence-electron chi connectivity index (χ1n) is 16.7. The zero-order valence-electron chi connectivity index (χ0n) is 26.0. The van der Waals surface area contributed by atoms with Crippen LogP contribution in [0.2, 0.25) is 0 Å². The molecule has 0 radical (unpaired) electrons. The highest BCUT2D eigenvalue weighted by Gasteiger charge is 2.20. The van der Waals surface area contributed by atoms with Crippen molar-refractivity contribution in [3.05, 3.63) is 66.5 Å². The zero-order chi connectivity index (χ0) is 29.2. The average Bonchev–Trinajstić information content (AvgIpc) is 2.99. The molecule has 1 aromatic heterocycles. The highest BCUT2D eigenvalue weighted by atomic mass is 16.2. The van der Waals surface area contributed by atoms with Crippen molar-refractivity contribution in [2.45, 2.75) is 142 Å². The van der Waals surface area contributed by atoms with Gasteiger partial charge in [0.25, 0.3) is 0 Å². The minimum absolute atomic E-state index is 0.0371. The molecule has 2 amide bonds. The highest BCUT2D eigenvalue weighted by Crippen LogP contribution is 2.13. The molecule has 228 valence electrons. The first kappa shape index (κ1) is 34.5. The Morgan fingerprint density at radius 1 is 0.659 bits per heavy atom. The van der Waals surface area contributed by atoms with Gasteiger partial charge in [-0.3, -0.25) is 9.59 Å². The van der Waals surface area contributed by atoms with E-state index in [0.29, 0.717) is 19.4 Å². The molecule has 0 saturated heterocycles. The number of hydrogen-bond donors (Lipinski definition) is 2. The van der Waals surface area contributed by atoms with Crippen molar-refractivity contribution in [1.82, 2.24) is 10.6 Å². The fraction of sp³-hybridized carbons (Fsp3) is 0.639. The van der Waals surface area contributed by atoms with E-state index in [-0.39, 0.29) is 11.8 Å². The lowest BCUT2D eigenvalue weighted by Gasteiger charge is -2.19. The Balaban J connectivity index is 1.56. The molecular weight excluding hydrogens is 506 g/mol. The maximum Gasteiger partial charge on any atom is 0.242 e. The van der Waals surface area contributed by atoms with E-state index >= 15 is 0 Å². The van der Waals surface area contributed by atoms with Crippen LogP contribution >= 0.6 is 0 Å². The number of hydrogen-bond acceptors (Lipinski definition) is 2. The molecule has 0 spiro atoms. The van der Waals surface area contributed by atoms with E-state index in [4.69, 9.17) is 0 Å². The summed E-state index contributed by atoms with van der Waals surface area (Å²) in [5.74, 6) is -0.109. The van der Waals surface area contributed by atoms with Gasteiger partial charge in [0.1, 0.15) is 12.6 Å². The van der Waals surface area contributed by atoms with Crippen LogP contribution in [0.4, 0.5) is 0 Å². The topological polar surface area (TPSA) is 62.1 Å². The first-order chi connectivity index (χ1) is 20.2. The van der Waals surface area contributed by atoms with Crippen LogP contribution in [0.1, 0.15) is 128 Å². The third-order valence-electron chi connectivity index (χ3n) is 7.86. The summed E-state index contributed by atoms with van der Waals surface area (Å²) in [7, 11) is 0. The molecule has 0 unspecified atom stereocenters. The van der Waals surface area contributed by atoms with Gasteiger partial charge in [0.2, 0.25) is 11.8 Å². The van der Waals surface area contributed by atoms with Gasteiger partial charge < -0.3 is 10.6 Å². The minimum atomic E-state index is -0.531. The summed E-state index contributed by atoms with van der Waals surface area (Å²) in [6.07, 6.45) is 26.5. The largest absolute Gasteiger partial charge is 0.354 e. The molecule has 0 bridgehead atoms. The van der Waals surface area contributed by atoms with Crippen molar-refractivity contribution in [1.29, 1.82) is 0 Å². The minimum Gasteiger partial charge on any atom is -0.354 e. The van der Waals surface area contributed by atoms with Crippen LogP contribution in [-0.2, 0) is 22.6 Å². The van der Waals surface area contributed by atoms with Crippen LogP contribution in [-0.4, -0.2) is 24.4 Å². The van der Waals surface area contributed by atoms with Gasteiger partial charge in [-0.15, -0.1) is 0 Å². The Morgan fingerprint density at radius 2 is 1.20 bits per heavy atom. The molecule has 2 aromatic rings. The van der Waals surface area contributed by atoms with Crippen LogP contribution in [0.15, 0.2) is 60.9 Å². The molecule has 5 nitrogen and oxygen atoms in total. The average molecular weight is 565 g/mol. The second-order valence-electron chi connectivity index (χ2n) is 11.6. The molecule has 0 aliphatic heterocycles. The standard InChI is InChI=1S/C36H57N3O2/c1-2-3-4-5-6-7-8-9-10-11-12-13-14-21-28-37-36(41)34(32-33-25-18-15-19-26-33)38-35(40)27-20-16-22-29-39-30-23-17-24-31-39/h15,17-19,23-26,30-31,34H,2-14,16,20-22,27-29,32H2,1H3,(H-,37,38,40,41)/p+1/t34-/m1/s1. The third-order valence-corrected chi connectivity index (χ3v) is 7.86. The molecule has 1 heterocycles. The monoisotopic (exact) mass is 564 g/mol. The van der Waals surface area contributed by atoms with Crippen molar-refractivity contribution in [3.63, 3.8) is 0 Å². The number of aromatic nitrogens is 1. The fourth-order valence-corrected chi connectivity index (χ4v) is 5.32. The maximum atomic E-state index is 13.0. The van der Waals surface area contributed by atoms with Crippen LogP contribution in [0, 0.1) is 0 Å². The Labute approximate surface area is 250 Å². The summed E-state index contributed by atoms with van der Waals surface area (Å²) < 4.78 is 2.17. The van der Waals surface area contributed by atoms with E-state index in [1.807, 2.05) is 48.5 Å². The molecule has 0 saturated carbocycles. The van der Waals surface area contributed by atoms with Crippen molar-refractivity contribution in [2.24, 2.45) is 0 Å². The molecule has 2 rings (SSSR count). The van der Waals surface area contributed by atoms with Gasteiger partial charge in [-0.05, 0) is 24.8 Å². The number of benzene rings is 1. The normalized spacial score (nSPS) is 11.7. The highest BCUT2D eigenvalue weighted by molar-refractivity contribution is 5.87. The maximum absolute atomic E-state index is 13.0. The predicted molar refractivity (Wildman–Crippen MR) is 171 cm³/mol. The van der Waals surface area contributed by atoms with Crippen LogP contribution in [0.25, 0.3) is 0 Å². The molecule has 2 N–H and O–H groups in total. The zero-order valence-corrected chi connectivity index (χ0v) is 26.0. The smallest absolute Gasteiger partial charge is 0.242 e. The van der Waals surface area contributed by atoms with Gasteiger partial charge in [0, 0.05) is 37.9 Å². The Morgan fingerprint density at radius 3 is 1.80 bits per heavy atom. The van der Waals surface area contributed by atoms with Crippen LogP contribution in [0.5, 0.6) is 0 Å². The van der Waals surface area contributed by atoms with Gasteiger partial charge in [0.15, 0.2) is 12.4 Å². The molecule has 41 heavy (non-hydrogen) atoms. The second-order valence-corrected chi connectivity index (χ2v) is 11.6. The van der Waals surface area contributed by atoms with Crippen LogP contribution < -0.4 is 15.2 Å². The van der Waals surface area contributed by atoms with Crippen molar-refractivity contribution in [2.75, 3.05) is 6.54 Å². The SMILES string of the molecule is CCCCCCCCCCCCCCCCNC(=O)[C@@H](Cc1ccccc1)NC(=O)CCCCC[n+]1ccccc1. The molecule has 0 fully saturated rings. The van der Waals surface area contributed by atoms with Crippen molar-refractivity contribution < 1.29 is 14.2 Å². The number of nitrogens with one attached hydrogen (secondary N) is 2. The molecule has 1 aromatic carbocycles. The molecule has 0 aliphatic carbocycles. The Hall–Kier alpha value is -2.69. The number of carbonyl (C=O) groups is 2. The van der Waals surface area contributed by atoms with E-state index in [1.165, 1.54) is 77.0 Å². The number of pyridine rings is 1. The van der Waals surface area contributed by atoms with Gasteiger partial charge in [-0.2, -0.15) is 0 Å². The quantitative estimate of drug-likeness (QED) is 0.0952. The number of amides is 2. The number of rotatable bonds is 25. The van der Waals surface area contributed by atoms with Gasteiger partial charge in [-0.1, -0.05) is 127 Å². The number of unbranched alkanes of at least 4 members (excludes halogenated alkanes) is 15. The van der Waals surface area contributed by atoms with Crippen LogP contribution in [0.3, 0.4) is 0 Å². The third kappa shape index (κ3) is 18.4. The van der Waals surface area contributed by atoms with E-state index in [9.17, 15) is 9.59 Å². The number of carbonyl (C=O) groups excluding carboxylic acids is 2. The van der Waals surface area contributed by atoms with Gasteiger partial charge in [0.05, 0.1) is 0 Å². The van der Waals surface area contributed by atoms with E-state index in [2.05, 4.69) is 34.5 Å². The summed E-state index contributed by atoms with van der Waals surface area (Å²) >= 11 is 0. The Bertz CT molecular complexity index is 904. The lowest BCUT2D eigenvalue weighted by atomic mass is 10.0. The van der Waals surface area contributed by atoms with E-state index in [0.717, 1.165) is 44.2 Å². The molecule has 5 heteroatoms. The Kier molecular flexibility index (Phi) is 20.2. The lowest BCUT2D eigenvalue weighted by molar-refractivity contribution is -0.697. The summed E-state index contributed by atoms with van der Waals surface area (Å²) in [5, 5.41) is 6.11. The predicted octanol–water partition coefficient (Wildman–Crippen LogP) is 7.86. The van der Waals surface area contributed by atoms with Gasteiger partial charge in [-0.25, -0.2) is 4.57 Å². The molecular formula is C36H58N3O2+. The lowest BCUT2D eigenvalue weighted by Crippen LogP contribution is -2.48.